The second-order valence-electron chi connectivity index (χ2n) is 18.8. The molecule has 0 saturated carbocycles. The molecule has 0 rings (SSSR count). The minimum Gasteiger partial charge on any atom is -0.462 e. The van der Waals surface area contributed by atoms with E-state index in [1.807, 2.05) is 6.08 Å². The van der Waals surface area contributed by atoms with Crippen LogP contribution < -0.4 is 5.73 Å². The van der Waals surface area contributed by atoms with E-state index in [4.69, 9.17) is 24.3 Å². The quantitative estimate of drug-likeness (QED) is 0.0264. The summed E-state index contributed by atoms with van der Waals surface area (Å²) < 4.78 is 33.0. The summed E-state index contributed by atoms with van der Waals surface area (Å²) in [5.41, 5.74) is 5.37. The zero-order chi connectivity index (χ0) is 53.1. The van der Waals surface area contributed by atoms with Crippen molar-refractivity contribution in [3.63, 3.8) is 0 Å². The van der Waals surface area contributed by atoms with E-state index in [1.54, 1.807) is 0 Å². The van der Waals surface area contributed by atoms with E-state index in [0.29, 0.717) is 12.8 Å². The van der Waals surface area contributed by atoms with Crippen LogP contribution in [0.5, 0.6) is 0 Å². The zero-order valence-corrected chi connectivity index (χ0v) is 47.2. The average molecular weight is 1040 g/mol. The smallest absolute Gasteiger partial charge is 0.462 e. The number of ether oxygens (including phenoxy) is 2. The van der Waals surface area contributed by atoms with E-state index in [-0.39, 0.29) is 32.6 Å². The third kappa shape index (κ3) is 57.5. The molecular formula is C63H106NO8P. The van der Waals surface area contributed by atoms with Gasteiger partial charge in [-0.05, 0) is 103 Å². The summed E-state index contributed by atoms with van der Waals surface area (Å²) in [7, 11) is -4.41. The fourth-order valence-corrected chi connectivity index (χ4v) is 8.34. The van der Waals surface area contributed by atoms with Gasteiger partial charge in [0.05, 0.1) is 13.2 Å². The summed E-state index contributed by atoms with van der Waals surface area (Å²) in [5, 5.41) is 0. The predicted octanol–water partition coefficient (Wildman–Crippen LogP) is 18.4. The van der Waals surface area contributed by atoms with Crippen LogP contribution in [0.1, 0.15) is 232 Å². The Hall–Kier alpha value is -3.59. The second-order valence-corrected chi connectivity index (χ2v) is 20.2. The van der Waals surface area contributed by atoms with Gasteiger partial charge in [-0.15, -0.1) is 0 Å². The minimum atomic E-state index is -4.41. The van der Waals surface area contributed by atoms with Crippen LogP contribution in [-0.2, 0) is 32.7 Å². The highest BCUT2D eigenvalue weighted by atomic mass is 31.2. The Morgan fingerprint density at radius 1 is 0.425 bits per heavy atom. The number of carbonyl (C=O) groups excluding carboxylic acids is 2. The molecule has 0 saturated heterocycles. The van der Waals surface area contributed by atoms with Crippen LogP contribution in [0.15, 0.2) is 122 Å². The molecule has 73 heavy (non-hydrogen) atoms. The molecule has 0 fully saturated rings. The highest BCUT2D eigenvalue weighted by Crippen LogP contribution is 2.43. The minimum absolute atomic E-state index is 0.0379. The normalized spacial score (nSPS) is 14.0. The fourth-order valence-electron chi connectivity index (χ4n) is 7.57. The lowest BCUT2D eigenvalue weighted by molar-refractivity contribution is -0.161. The van der Waals surface area contributed by atoms with Crippen LogP contribution in [0.3, 0.4) is 0 Å². The van der Waals surface area contributed by atoms with Crippen molar-refractivity contribution in [3.05, 3.63) is 122 Å². The highest BCUT2D eigenvalue weighted by Gasteiger charge is 2.26. The molecule has 0 aliphatic carbocycles. The topological polar surface area (TPSA) is 134 Å². The first-order valence-electron chi connectivity index (χ1n) is 29.0. The van der Waals surface area contributed by atoms with Crippen molar-refractivity contribution in [1.82, 2.24) is 0 Å². The monoisotopic (exact) mass is 1040 g/mol. The third-order valence-electron chi connectivity index (χ3n) is 11.8. The summed E-state index contributed by atoms with van der Waals surface area (Å²) in [5.74, 6) is -0.904. The fraction of sp³-hybridized carbons (Fsp3) is 0.651. The number of rotatable bonds is 53. The molecule has 0 heterocycles. The molecule has 0 bridgehead atoms. The van der Waals surface area contributed by atoms with E-state index >= 15 is 0 Å². The Kier molecular flexibility index (Phi) is 54.8. The molecule has 416 valence electrons. The summed E-state index contributed by atoms with van der Waals surface area (Å²) in [4.78, 5) is 35.2. The molecule has 0 spiro atoms. The van der Waals surface area contributed by atoms with Gasteiger partial charge in [-0.25, -0.2) is 4.57 Å². The number of hydrogen-bond donors (Lipinski definition) is 2. The van der Waals surface area contributed by atoms with Crippen molar-refractivity contribution < 1.29 is 37.6 Å². The van der Waals surface area contributed by atoms with Gasteiger partial charge >= 0.3 is 19.8 Å². The van der Waals surface area contributed by atoms with Gasteiger partial charge < -0.3 is 20.1 Å². The molecule has 0 aromatic heterocycles. The van der Waals surface area contributed by atoms with Crippen molar-refractivity contribution in [2.75, 3.05) is 26.4 Å². The van der Waals surface area contributed by atoms with Crippen LogP contribution >= 0.6 is 7.82 Å². The molecule has 0 aromatic carbocycles. The Balaban J connectivity index is 4.07. The standard InChI is InChI=1S/C63H106NO8P/c1-3-5-7-9-11-13-15-17-19-21-23-25-27-28-29-30-31-32-34-35-37-39-41-43-45-47-49-51-53-55-62(65)69-59-61(60-71-73(67,68)70-58-57-64)72-63(66)56-54-52-50-48-46-44-42-40-38-36-33-26-24-22-20-18-16-14-12-10-8-6-4-2/h6,8,12,14-15,17-18,20-21,23-24,26-28,36,38,42,44,48,50,61H,3-5,7,9-11,13,16,19,22,25,29-35,37,39-41,43,45-47,49,51-60,64H2,1-2H3,(H,67,68)/b8-6-,14-12-,17-15-,20-18-,23-21-,26-24-,28-27-,38-36-,44-42-,50-48-. The molecule has 0 aromatic rings. The van der Waals surface area contributed by atoms with Gasteiger partial charge in [0.15, 0.2) is 6.10 Å². The molecule has 0 radical (unpaired) electrons. The molecule has 2 atom stereocenters. The SMILES string of the molecule is CC/C=C\C/C=C\C/C=C\C/C=C\C/C=C\C/C=C\C/C=C\CCCC(=O)OC(COC(=O)CCCCCCCCCCCCCCCC/C=C\C/C=C\C/C=C\CCCCCCC)COP(=O)(O)OCCN. The Morgan fingerprint density at radius 2 is 0.767 bits per heavy atom. The predicted molar refractivity (Wildman–Crippen MR) is 311 cm³/mol. The summed E-state index contributed by atoms with van der Waals surface area (Å²) in [6.07, 6.45) is 79.8. The summed E-state index contributed by atoms with van der Waals surface area (Å²) >= 11 is 0. The van der Waals surface area contributed by atoms with Crippen LogP contribution in [0, 0.1) is 0 Å². The van der Waals surface area contributed by atoms with Crippen LogP contribution in [0.2, 0.25) is 0 Å². The number of phosphoric acid groups is 1. The first kappa shape index (κ1) is 69.4. The molecule has 0 amide bonds. The first-order chi connectivity index (χ1) is 35.8. The lowest BCUT2D eigenvalue weighted by atomic mass is 10.0. The van der Waals surface area contributed by atoms with Crippen molar-refractivity contribution in [3.8, 4) is 0 Å². The molecule has 0 aliphatic rings. The highest BCUT2D eigenvalue weighted by molar-refractivity contribution is 7.47. The largest absolute Gasteiger partial charge is 0.472 e. The molecule has 2 unspecified atom stereocenters. The number of hydrogen-bond acceptors (Lipinski definition) is 8. The number of allylic oxidation sites excluding steroid dienone is 20. The van der Waals surface area contributed by atoms with E-state index in [0.717, 1.165) is 77.0 Å². The van der Waals surface area contributed by atoms with Gasteiger partial charge in [0, 0.05) is 19.4 Å². The van der Waals surface area contributed by atoms with Gasteiger partial charge in [-0.1, -0.05) is 238 Å². The van der Waals surface area contributed by atoms with Crippen LogP contribution in [0.4, 0.5) is 0 Å². The molecule has 10 heteroatoms. The zero-order valence-electron chi connectivity index (χ0n) is 46.3. The molecule has 3 N–H and O–H groups in total. The Morgan fingerprint density at radius 3 is 1.16 bits per heavy atom. The van der Waals surface area contributed by atoms with Crippen molar-refractivity contribution in [2.24, 2.45) is 5.73 Å². The average Bonchev–Trinajstić information content (AvgIpc) is 3.38. The van der Waals surface area contributed by atoms with Crippen molar-refractivity contribution >= 4 is 19.8 Å². The van der Waals surface area contributed by atoms with E-state index in [2.05, 4.69) is 129 Å². The number of unbranched alkanes of at least 4 members (excludes halogenated alkanes) is 20. The second kappa shape index (κ2) is 57.7. The van der Waals surface area contributed by atoms with Gasteiger partial charge in [0.2, 0.25) is 0 Å². The molecular weight excluding hydrogens is 930 g/mol. The summed E-state index contributed by atoms with van der Waals surface area (Å²) in [6.45, 7) is 3.55. The number of phosphoric ester groups is 1. The maximum atomic E-state index is 12.7. The van der Waals surface area contributed by atoms with Crippen molar-refractivity contribution in [2.45, 2.75) is 238 Å². The molecule has 9 nitrogen and oxygen atoms in total. The maximum Gasteiger partial charge on any atom is 0.472 e. The Labute approximate surface area is 447 Å². The Bertz CT molecular complexity index is 1600. The van der Waals surface area contributed by atoms with Crippen molar-refractivity contribution in [1.29, 1.82) is 0 Å². The van der Waals surface area contributed by atoms with Gasteiger partial charge in [0.1, 0.15) is 6.61 Å². The van der Waals surface area contributed by atoms with E-state index in [9.17, 15) is 19.0 Å². The first-order valence-corrected chi connectivity index (χ1v) is 30.5. The van der Waals surface area contributed by atoms with Crippen LogP contribution in [0.25, 0.3) is 0 Å². The maximum absolute atomic E-state index is 12.7. The van der Waals surface area contributed by atoms with E-state index in [1.165, 1.54) is 116 Å². The van der Waals surface area contributed by atoms with Gasteiger partial charge in [-0.3, -0.25) is 18.6 Å². The third-order valence-corrected chi connectivity index (χ3v) is 12.8. The van der Waals surface area contributed by atoms with E-state index < -0.39 is 32.5 Å². The molecule has 0 aliphatic heterocycles. The number of nitrogens with two attached hydrogens (primary N) is 1. The lowest BCUT2D eigenvalue weighted by Crippen LogP contribution is -2.29. The van der Waals surface area contributed by atoms with Crippen LogP contribution in [-0.4, -0.2) is 49.3 Å². The van der Waals surface area contributed by atoms with Gasteiger partial charge in [0.25, 0.3) is 0 Å². The number of carbonyl (C=O) groups is 2. The summed E-state index contributed by atoms with van der Waals surface area (Å²) in [6, 6.07) is 0. The lowest BCUT2D eigenvalue weighted by Gasteiger charge is -2.19. The van der Waals surface area contributed by atoms with Gasteiger partial charge in [-0.2, -0.15) is 0 Å². The number of esters is 2.